The first kappa shape index (κ1) is 17.2. The number of rotatable bonds is 0. The van der Waals surface area contributed by atoms with Crippen LogP contribution in [0.2, 0.25) is 0 Å². The smallest absolute Gasteiger partial charge is 0.136 e. The van der Waals surface area contributed by atoms with Gasteiger partial charge >= 0.3 is 0 Å². The summed E-state index contributed by atoms with van der Waals surface area (Å²) in [5, 5.41) is 0. The SMILES string of the molecule is CC1=C2CC/C(C)=C/CC[C@@H](C)C(=O)CC/C(C)=C\[C@@H]2OC1. The summed E-state index contributed by atoms with van der Waals surface area (Å²) in [5.74, 6) is 0.579. The number of carbonyl (C=O) groups is 1. The van der Waals surface area contributed by atoms with Crippen molar-refractivity contribution < 1.29 is 9.53 Å². The summed E-state index contributed by atoms with van der Waals surface area (Å²) < 4.78 is 5.93. The molecule has 0 unspecified atom stereocenters. The highest BCUT2D eigenvalue weighted by Gasteiger charge is 2.22. The largest absolute Gasteiger partial charge is 0.365 e. The van der Waals surface area contributed by atoms with E-state index in [1.165, 1.54) is 22.3 Å². The highest BCUT2D eigenvalue weighted by Crippen LogP contribution is 2.29. The monoisotopic (exact) mass is 302 g/mol. The summed E-state index contributed by atoms with van der Waals surface area (Å²) in [6.45, 7) is 9.35. The molecule has 22 heavy (non-hydrogen) atoms. The summed E-state index contributed by atoms with van der Waals surface area (Å²) in [7, 11) is 0. The Morgan fingerprint density at radius 2 is 1.77 bits per heavy atom. The third kappa shape index (κ3) is 4.67. The molecule has 2 aliphatic rings. The van der Waals surface area contributed by atoms with Crippen molar-refractivity contribution in [1.29, 1.82) is 0 Å². The third-order valence-corrected chi connectivity index (χ3v) is 5.00. The van der Waals surface area contributed by atoms with Crippen LogP contribution in [-0.4, -0.2) is 18.5 Å². The van der Waals surface area contributed by atoms with Gasteiger partial charge in [0.1, 0.15) is 5.78 Å². The molecule has 2 nitrogen and oxygen atoms in total. The molecule has 2 rings (SSSR count). The van der Waals surface area contributed by atoms with Crippen molar-refractivity contribution >= 4 is 5.78 Å². The number of ketones is 1. The van der Waals surface area contributed by atoms with Gasteiger partial charge in [-0.2, -0.15) is 0 Å². The predicted octanol–water partition coefficient (Wildman–Crippen LogP) is 5.15. The molecule has 0 spiro atoms. The minimum absolute atomic E-state index is 0.128. The molecule has 1 aliphatic carbocycles. The Balaban J connectivity index is 2.17. The topological polar surface area (TPSA) is 26.3 Å². The Labute approximate surface area is 135 Å². The van der Waals surface area contributed by atoms with Crippen LogP contribution in [0.4, 0.5) is 0 Å². The Kier molecular flexibility index (Phi) is 6.19. The Morgan fingerprint density at radius 1 is 1.05 bits per heavy atom. The maximum Gasteiger partial charge on any atom is 0.136 e. The molecule has 0 amide bonds. The van der Waals surface area contributed by atoms with Crippen molar-refractivity contribution in [2.45, 2.75) is 72.3 Å². The van der Waals surface area contributed by atoms with E-state index in [2.05, 4.69) is 39.8 Å². The molecule has 1 aliphatic heterocycles. The lowest BCUT2D eigenvalue weighted by atomic mass is 9.92. The van der Waals surface area contributed by atoms with Crippen molar-refractivity contribution in [1.82, 2.24) is 0 Å². The standard InChI is InChI=1S/C20H30O2/c1-14-6-5-7-16(3)19(21)11-9-15(2)12-20-18(10-8-14)17(4)13-22-20/h6,12,16,20H,5,7-11,13H2,1-4H3/b14-6+,15-12-/t16-,20+/m1/s1. The molecule has 2 atom stereocenters. The summed E-state index contributed by atoms with van der Waals surface area (Å²) in [4.78, 5) is 12.2. The van der Waals surface area contributed by atoms with E-state index in [4.69, 9.17) is 4.74 Å². The van der Waals surface area contributed by atoms with E-state index in [9.17, 15) is 4.79 Å². The normalized spacial score (nSPS) is 33.5. The molecule has 2 heteroatoms. The molecule has 0 aromatic carbocycles. The summed E-state index contributed by atoms with van der Waals surface area (Å²) in [5.41, 5.74) is 5.55. The molecule has 0 fully saturated rings. The van der Waals surface area contributed by atoms with E-state index >= 15 is 0 Å². The van der Waals surface area contributed by atoms with Gasteiger partial charge < -0.3 is 4.74 Å². The van der Waals surface area contributed by atoms with Gasteiger partial charge in [0.05, 0.1) is 12.7 Å². The highest BCUT2D eigenvalue weighted by atomic mass is 16.5. The van der Waals surface area contributed by atoms with Gasteiger partial charge in [-0.3, -0.25) is 4.79 Å². The maximum atomic E-state index is 12.2. The summed E-state index contributed by atoms with van der Waals surface area (Å²) in [6, 6.07) is 0. The zero-order chi connectivity index (χ0) is 16.1. The van der Waals surface area contributed by atoms with Crippen molar-refractivity contribution in [3.05, 3.63) is 34.4 Å². The van der Waals surface area contributed by atoms with Crippen LogP contribution in [0.1, 0.15) is 66.2 Å². The molecular formula is C20H30O2. The van der Waals surface area contributed by atoms with Gasteiger partial charge in [0.2, 0.25) is 0 Å². The lowest BCUT2D eigenvalue weighted by Gasteiger charge is -2.15. The van der Waals surface area contributed by atoms with Crippen LogP contribution in [-0.2, 0) is 9.53 Å². The quantitative estimate of drug-likeness (QED) is 0.578. The van der Waals surface area contributed by atoms with Crippen LogP contribution in [0.15, 0.2) is 34.4 Å². The molecule has 0 aromatic heterocycles. The molecule has 0 saturated heterocycles. The number of hydrogen-bond donors (Lipinski definition) is 0. The fourth-order valence-electron chi connectivity index (χ4n) is 3.24. The zero-order valence-electron chi connectivity index (χ0n) is 14.6. The molecular weight excluding hydrogens is 272 g/mol. The summed E-state index contributed by atoms with van der Waals surface area (Å²) in [6.07, 6.45) is 10.4. The van der Waals surface area contributed by atoms with Crippen LogP contribution < -0.4 is 0 Å². The van der Waals surface area contributed by atoms with Gasteiger partial charge in [0, 0.05) is 12.3 Å². The van der Waals surface area contributed by atoms with E-state index < -0.39 is 0 Å². The van der Waals surface area contributed by atoms with Crippen molar-refractivity contribution in [3.63, 3.8) is 0 Å². The zero-order valence-corrected chi connectivity index (χ0v) is 14.6. The molecule has 122 valence electrons. The number of ether oxygens (including phenoxy) is 1. The van der Waals surface area contributed by atoms with Gasteiger partial charge in [-0.15, -0.1) is 0 Å². The number of fused-ring (bicyclic) bond motifs is 1. The molecule has 0 N–H and O–H groups in total. The van der Waals surface area contributed by atoms with E-state index in [1.54, 1.807) is 0 Å². The van der Waals surface area contributed by atoms with Crippen LogP contribution in [0.25, 0.3) is 0 Å². The van der Waals surface area contributed by atoms with Crippen molar-refractivity contribution in [2.75, 3.05) is 6.61 Å². The summed E-state index contributed by atoms with van der Waals surface area (Å²) >= 11 is 0. The number of Topliss-reactive ketones (excluding diaryl/α,β-unsaturated/α-hetero) is 1. The van der Waals surface area contributed by atoms with E-state index in [0.29, 0.717) is 12.2 Å². The lowest BCUT2D eigenvalue weighted by Crippen LogP contribution is -2.12. The highest BCUT2D eigenvalue weighted by molar-refractivity contribution is 5.80. The minimum atomic E-state index is 0.128. The van der Waals surface area contributed by atoms with E-state index in [0.717, 1.165) is 38.7 Å². The van der Waals surface area contributed by atoms with Gasteiger partial charge in [-0.05, 0) is 64.0 Å². The minimum Gasteiger partial charge on any atom is -0.365 e. The molecule has 0 saturated carbocycles. The van der Waals surface area contributed by atoms with Gasteiger partial charge in [-0.25, -0.2) is 0 Å². The number of carbonyl (C=O) groups excluding carboxylic acids is 1. The van der Waals surface area contributed by atoms with Crippen molar-refractivity contribution in [3.8, 4) is 0 Å². The number of allylic oxidation sites excluding steroid dienone is 3. The van der Waals surface area contributed by atoms with Gasteiger partial charge in [0.15, 0.2) is 0 Å². The fraction of sp³-hybridized carbons (Fsp3) is 0.650. The Hall–Kier alpha value is -1.15. The fourth-order valence-corrected chi connectivity index (χ4v) is 3.24. The first-order valence-corrected chi connectivity index (χ1v) is 8.63. The van der Waals surface area contributed by atoms with Crippen LogP contribution in [0.3, 0.4) is 0 Å². The van der Waals surface area contributed by atoms with Crippen LogP contribution in [0.5, 0.6) is 0 Å². The van der Waals surface area contributed by atoms with Crippen molar-refractivity contribution in [2.24, 2.45) is 5.92 Å². The molecule has 0 aromatic rings. The van der Waals surface area contributed by atoms with E-state index in [1.807, 2.05) is 0 Å². The first-order valence-electron chi connectivity index (χ1n) is 8.63. The number of hydrogen-bond acceptors (Lipinski definition) is 2. The second-order valence-electron chi connectivity index (χ2n) is 7.05. The maximum absolute atomic E-state index is 12.2. The Bertz CT molecular complexity index is 508. The molecule has 0 radical (unpaired) electrons. The van der Waals surface area contributed by atoms with Crippen LogP contribution >= 0.6 is 0 Å². The Morgan fingerprint density at radius 3 is 2.55 bits per heavy atom. The van der Waals surface area contributed by atoms with Gasteiger partial charge in [0.25, 0.3) is 0 Å². The second-order valence-corrected chi connectivity index (χ2v) is 7.05. The van der Waals surface area contributed by atoms with E-state index in [-0.39, 0.29) is 12.0 Å². The average Bonchev–Trinajstić information content (AvgIpc) is 2.82. The first-order chi connectivity index (χ1) is 10.5. The lowest BCUT2D eigenvalue weighted by molar-refractivity contribution is -0.122. The molecule has 1 heterocycles. The molecule has 0 bridgehead atoms. The predicted molar refractivity (Wildman–Crippen MR) is 91.8 cm³/mol. The third-order valence-electron chi connectivity index (χ3n) is 5.00. The average molecular weight is 302 g/mol. The second kappa shape index (κ2) is 7.92. The van der Waals surface area contributed by atoms with Gasteiger partial charge in [-0.1, -0.05) is 30.2 Å². The van der Waals surface area contributed by atoms with Crippen LogP contribution in [0, 0.1) is 5.92 Å².